The Morgan fingerprint density at radius 1 is 1.47 bits per heavy atom. The highest BCUT2D eigenvalue weighted by atomic mass is 19.1. The lowest BCUT2D eigenvalue weighted by atomic mass is 9.89. The molecule has 2 aliphatic rings. The number of hydrogen-bond acceptors (Lipinski definition) is 3. The van der Waals surface area contributed by atoms with Gasteiger partial charge in [0.15, 0.2) is 0 Å². The highest BCUT2D eigenvalue weighted by molar-refractivity contribution is 5.34. The summed E-state index contributed by atoms with van der Waals surface area (Å²) in [5.74, 6) is -1.55. The Hall–Kier alpha value is -0.970. The van der Waals surface area contributed by atoms with Crippen LogP contribution in [0.2, 0.25) is 0 Å². The zero-order valence-electron chi connectivity index (χ0n) is 9.58. The quantitative estimate of drug-likeness (QED) is 0.773. The molecule has 0 amide bonds. The van der Waals surface area contributed by atoms with Crippen molar-refractivity contribution in [2.24, 2.45) is 0 Å². The van der Waals surface area contributed by atoms with Gasteiger partial charge in [0.1, 0.15) is 5.82 Å². The summed E-state index contributed by atoms with van der Waals surface area (Å²) in [6, 6.07) is 4.43. The molecular weight excluding hydrogens is 221 g/mol. The van der Waals surface area contributed by atoms with E-state index in [1.54, 1.807) is 6.07 Å². The van der Waals surface area contributed by atoms with E-state index in [9.17, 15) is 9.50 Å². The molecule has 1 aromatic carbocycles. The van der Waals surface area contributed by atoms with Crippen molar-refractivity contribution in [2.45, 2.75) is 31.1 Å². The number of ether oxygens (including phenoxy) is 1. The molecule has 17 heavy (non-hydrogen) atoms. The maximum Gasteiger partial charge on any atom is 0.208 e. The monoisotopic (exact) mass is 237 g/mol. The number of halogens is 1. The molecule has 3 rings (SSSR count). The van der Waals surface area contributed by atoms with Gasteiger partial charge in [0, 0.05) is 5.56 Å². The molecule has 4 heteroatoms. The second kappa shape index (κ2) is 4.05. The zero-order valence-corrected chi connectivity index (χ0v) is 9.58. The number of rotatable bonds is 1. The molecule has 0 aliphatic carbocycles. The molecule has 0 saturated carbocycles. The summed E-state index contributed by atoms with van der Waals surface area (Å²) >= 11 is 0. The molecule has 3 nitrogen and oxygen atoms in total. The molecule has 0 unspecified atom stereocenters. The van der Waals surface area contributed by atoms with Crippen LogP contribution in [0.5, 0.6) is 0 Å². The minimum absolute atomic E-state index is 0.0907. The highest BCUT2D eigenvalue weighted by Gasteiger charge is 2.44. The van der Waals surface area contributed by atoms with Gasteiger partial charge in [-0.15, -0.1) is 0 Å². The van der Waals surface area contributed by atoms with Gasteiger partial charge in [-0.2, -0.15) is 0 Å². The Labute approximate surface area is 99.6 Å². The maximum absolute atomic E-state index is 13.2. The first-order valence-corrected chi connectivity index (χ1v) is 6.09. The Bertz CT molecular complexity index is 431. The first kappa shape index (κ1) is 11.1. The molecular formula is C13H16FNO2. The minimum atomic E-state index is -1.29. The number of hydrogen-bond donors (Lipinski definition) is 2. The summed E-state index contributed by atoms with van der Waals surface area (Å²) in [6.07, 6.45) is 2.57. The van der Waals surface area contributed by atoms with Crippen LogP contribution in [-0.4, -0.2) is 24.3 Å². The summed E-state index contributed by atoms with van der Waals surface area (Å²) in [6.45, 7) is 1.33. The third-order valence-electron chi connectivity index (χ3n) is 3.68. The fraction of sp³-hybridized carbons (Fsp3) is 0.538. The third kappa shape index (κ3) is 1.76. The van der Waals surface area contributed by atoms with E-state index in [1.807, 2.05) is 0 Å². The Balaban J connectivity index is 2.03. The summed E-state index contributed by atoms with van der Waals surface area (Å²) in [5, 5.41) is 14.0. The molecule has 1 fully saturated rings. The van der Waals surface area contributed by atoms with Crippen LogP contribution in [0.3, 0.4) is 0 Å². The molecule has 0 aromatic heterocycles. The molecule has 0 bridgehead atoms. The van der Waals surface area contributed by atoms with E-state index in [0.29, 0.717) is 18.6 Å². The standard InChI is InChI=1S/C13H16FNO2/c14-10-3-4-11-9(8-10)5-7-17-13(11,16)12-2-1-6-15-12/h3-4,8,12,15-16H,1-2,5-7H2/t12-,13+/m0/s1. The van der Waals surface area contributed by atoms with Crippen LogP contribution in [0.4, 0.5) is 4.39 Å². The van der Waals surface area contributed by atoms with Crippen LogP contribution < -0.4 is 5.32 Å². The van der Waals surface area contributed by atoms with E-state index in [0.717, 1.165) is 24.9 Å². The Morgan fingerprint density at radius 2 is 2.35 bits per heavy atom. The smallest absolute Gasteiger partial charge is 0.208 e. The average molecular weight is 237 g/mol. The van der Waals surface area contributed by atoms with E-state index in [4.69, 9.17) is 4.74 Å². The van der Waals surface area contributed by atoms with Crippen molar-refractivity contribution in [1.29, 1.82) is 0 Å². The Morgan fingerprint density at radius 3 is 3.12 bits per heavy atom. The lowest BCUT2D eigenvalue weighted by Crippen LogP contribution is -2.50. The Kier molecular flexibility index (Phi) is 2.65. The molecule has 2 N–H and O–H groups in total. The SMILES string of the molecule is O[C@@]1([C@@H]2CCCN2)OCCc2cc(F)ccc21. The van der Waals surface area contributed by atoms with Gasteiger partial charge >= 0.3 is 0 Å². The fourth-order valence-corrected chi connectivity index (χ4v) is 2.82. The highest BCUT2D eigenvalue weighted by Crippen LogP contribution is 2.36. The molecule has 0 spiro atoms. The van der Waals surface area contributed by atoms with Crippen LogP contribution in [0, 0.1) is 5.82 Å². The van der Waals surface area contributed by atoms with Crippen LogP contribution in [0.25, 0.3) is 0 Å². The van der Waals surface area contributed by atoms with Crippen molar-refractivity contribution >= 4 is 0 Å². The lowest BCUT2D eigenvalue weighted by molar-refractivity contribution is -0.236. The first-order chi connectivity index (χ1) is 8.20. The van der Waals surface area contributed by atoms with Gasteiger partial charge in [0.2, 0.25) is 5.79 Å². The van der Waals surface area contributed by atoms with Crippen LogP contribution in [0.1, 0.15) is 24.0 Å². The van der Waals surface area contributed by atoms with E-state index in [-0.39, 0.29) is 11.9 Å². The maximum atomic E-state index is 13.2. The number of benzene rings is 1. The van der Waals surface area contributed by atoms with Gasteiger partial charge in [-0.3, -0.25) is 0 Å². The predicted molar refractivity (Wildman–Crippen MR) is 61.0 cm³/mol. The van der Waals surface area contributed by atoms with Crippen LogP contribution in [0.15, 0.2) is 18.2 Å². The van der Waals surface area contributed by atoms with Crippen LogP contribution in [-0.2, 0) is 16.9 Å². The number of fused-ring (bicyclic) bond motifs is 1. The molecule has 92 valence electrons. The van der Waals surface area contributed by atoms with Gasteiger partial charge in [-0.1, -0.05) is 6.07 Å². The van der Waals surface area contributed by atoms with E-state index >= 15 is 0 Å². The third-order valence-corrected chi connectivity index (χ3v) is 3.68. The van der Waals surface area contributed by atoms with E-state index in [2.05, 4.69) is 5.32 Å². The van der Waals surface area contributed by atoms with Crippen molar-refractivity contribution < 1.29 is 14.2 Å². The molecule has 1 saturated heterocycles. The molecule has 1 aromatic rings. The van der Waals surface area contributed by atoms with Gasteiger partial charge < -0.3 is 15.2 Å². The molecule has 0 radical (unpaired) electrons. The summed E-state index contributed by atoms with van der Waals surface area (Å²) in [5.41, 5.74) is 1.57. The molecule has 2 atom stereocenters. The summed E-state index contributed by atoms with van der Waals surface area (Å²) < 4.78 is 18.8. The molecule has 2 aliphatic heterocycles. The largest absolute Gasteiger partial charge is 0.361 e. The molecule has 2 heterocycles. The van der Waals surface area contributed by atoms with Crippen molar-refractivity contribution in [2.75, 3.05) is 13.2 Å². The van der Waals surface area contributed by atoms with Gasteiger partial charge in [0.05, 0.1) is 12.6 Å². The minimum Gasteiger partial charge on any atom is -0.361 e. The lowest BCUT2D eigenvalue weighted by Gasteiger charge is -2.38. The normalized spacial score (nSPS) is 32.5. The van der Waals surface area contributed by atoms with Crippen molar-refractivity contribution in [3.63, 3.8) is 0 Å². The topological polar surface area (TPSA) is 41.5 Å². The average Bonchev–Trinajstić information content (AvgIpc) is 2.82. The fourth-order valence-electron chi connectivity index (χ4n) is 2.82. The van der Waals surface area contributed by atoms with Gasteiger partial charge in [-0.25, -0.2) is 4.39 Å². The second-order valence-electron chi connectivity index (χ2n) is 4.75. The van der Waals surface area contributed by atoms with E-state index < -0.39 is 5.79 Å². The van der Waals surface area contributed by atoms with Gasteiger partial charge in [0.25, 0.3) is 0 Å². The summed E-state index contributed by atoms with van der Waals surface area (Å²) in [7, 11) is 0. The zero-order chi connectivity index (χ0) is 11.9. The summed E-state index contributed by atoms with van der Waals surface area (Å²) in [4.78, 5) is 0. The first-order valence-electron chi connectivity index (χ1n) is 6.09. The van der Waals surface area contributed by atoms with Crippen LogP contribution >= 0.6 is 0 Å². The van der Waals surface area contributed by atoms with Crippen molar-refractivity contribution in [3.8, 4) is 0 Å². The van der Waals surface area contributed by atoms with E-state index in [1.165, 1.54) is 12.1 Å². The number of aliphatic hydroxyl groups is 1. The second-order valence-corrected chi connectivity index (χ2v) is 4.75. The van der Waals surface area contributed by atoms with Gasteiger partial charge in [-0.05, 0) is 43.5 Å². The van der Waals surface area contributed by atoms with Crippen molar-refractivity contribution in [3.05, 3.63) is 35.1 Å². The number of nitrogens with one attached hydrogen (secondary N) is 1. The van der Waals surface area contributed by atoms with Crippen molar-refractivity contribution in [1.82, 2.24) is 5.32 Å². The predicted octanol–water partition coefficient (Wildman–Crippen LogP) is 1.30.